The van der Waals surface area contributed by atoms with Gasteiger partial charge in [-0.3, -0.25) is 9.91 Å². The molecular formula is C21H27N3O. The lowest BCUT2D eigenvalue weighted by molar-refractivity contribution is 0.131. The van der Waals surface area contributed by atoms with E-state index in [1.54, 1.807) is 7.11 Å². The van der Waals surface area contributed by atoms with Crippen molar-refractivity contribution in [2.75, 3.05) is 33.3 Å². The van der Waals surface area contributed by atoms with Gasteiger partial charge < -0.3 is 4.74 Å². The molecule has 0 atom stereocenters. The molecule has 0 bridgehead atoms. The fourth-order valence-corrected chi connectivity index (χ4v) is 3.11. The van der Waals surface area contributed by atoms with Crippen molar-refractivity contribution in [1.82, 2.24) is 9.91 Å². The van der Waals surface area contributed by atoms with E-state index in [1.807, 2.05) is 30.5 Å². The number of hydrazone groups is 1. The second-order valence-electron chi connectivity index (χ2n) is 6.68. The van der Waals surface area contributed by atoms with E-state index in [2.05, 4.69) is 47.1 Å². The van der Waals surface area contributed by atoms with Crippen LogP contribution < -0.4 is 4.74 Å². The van der Waals surface area contributed by atoms with Gasteiger partial charge in [0.25, 0.3) is 0 Å². The molecule has 132 valence electrons. The van der Waals surface area contributed by atoms with Gasteiger partial charge in [-0.2, -0.15) is 5.10 Å². The summed E-state index contributed by atoms with van der Waals surface area (Å²) in [5.41, 5.74) is 5.25. The van der Waals surface area contributed by atoms with Crippen molar-refractivity contribution in [3.8, 4) is 5.75 Å². The molecule has 0 aliphatic carbocycles. The fraction of sp³-hybridized carbons (Fsp3) is 0.381. The van der Waals surface area contributed by atoms with Crippen LogP contribution in [-0.2, 0) is 6.54 Å². The Morgan fingerprint density at radius 3 is 2.36 bits per heavy atom. The molecule has 0 aromatic heterocycles. The summed E-state index contributed by atoms with van der Waals surface area (Å²) in [6.45, 7) is 9.42. The van der Waals surface area contributed by atoms with Crippen LogP contribution in [0.3, 0.4) is 0 Å². The molecule has 2 aromatic rings. The van der Waals surface area contributed by atoms with Crippen LogP contribution in [0, 0.1) is 13.8 Å². The quantitative estimate of drug-likeness (QED) is 0.782. The summed E-state index contributed by atoms with van der Waals surface area (Å²) in [7, 11) is 1.68. The number of methoxy groups -OCH3 is 1. The zero-order valence-electron chi connectivity index (χ0n) is 15.4. The first kappa shape index (κ1) is 17.5. The van der Waals surface area contributed by atoms with Crippen LogP contribution in [-0.4, -0.2) is 49.4 Å². The van der Waals surface area contributed by atoms with Gasteiger partial charge in [0, 0.05) is 32.7 Å². The van der Waals surface area contributed by atoms with Crippen molar-refractivity contribution in [3.05, 3.63) is 64.7 Å². The molecule has 1 aliphatic rings. The Bertz CT molecular complexity index is 716. The monoisotopic (exact) mass is 337 g/mol. The smallest absolute Gasteiger partial charge is 0.118 e. The Labute approximate surface area is 150 Å². The summed E-state index contributed by atoms with van der Waals surface area (Å²) in [4.78, 5) is 2.51. The van der Waals surface area contributed by atoms with Gasteiger partial charge >= 0.3 is 0 Å². The molecule has 25 heavy (non-hydrogen) atoms. The number of hydrogen-bond acceptors (Lipinski definition) is 4. The van der Waals surface area contributed by atoms with Gasteiger partial charge in [-0.1, -0.05) is 23.8 Å². The highest BCUT2D eigenvalue weighted by atomic mass is 16.5. The molecule has 4 nitrogen and oxygen atoms in total. The predicted octanol–water partition coefficient (Wildman–Crippen LogP) is 3.46. The van der Waals surface area contributed by atoms with Crippen molar-refractivity contribution in [1.29, 1.82) is 0 Å². The highest BCUT2D eigenvalue weighted by Crippen LogP contribution is 2.15. The number of hydrogen-bond donors (Lipinski definition) is 0. The van der Waals surface area contributed by atoms with Gasteiger partial charge in [-0.25, -0.2) is 0 Å². The first-order valence-electron chi connectivity index (χ1n) is 8.85. The molecule has 0 amide bonds. The molecule has 2 aromatic carbocycles. The van der Waals surface area contributed by atoms with E-state index >= 15 is 0 Å². The first-order chi connectivity index (χ1) is 12.1. The maximum absolute atomic E-state index is 5.18. The minimum absolute atomic E-state index is 0.872. The number of aryl methyl sites for hydroxylation is 2. The second-order valence-corrected chi connectivity index (χ2v) is 6.68. The Balaban J connectivity index is 1.50. The van der Waals surface area contributed by atoms with Crippen LogP contribution in [0.2, 0.25) is 0 Å². The molecule has 0 radical (unpaired) electrons. The average molecular weight is 337 g/mol. The molecule has 4 heteroatoms. The summed E-state index contributed by atoms with van der Waals surface area (Å²) in [6, 6.07) is 14.7. The van der Waals surface area contributed by atoms with Gasteiger partial charge in [-0.15, -0.1) is 0 Å². The molecule has 0 unspecified atom stereocenters. The van der Waals surface area contributed by atoms with Crippen LogP contribution in [0.15, 0.2) is 47.6 Å². The lowest BCUT2D eigenvalue weighted by Gasteiger charge is -2.33. The summed E-state index contributed by atoms with van der Waals surface area (Å²) in [5, 5.41) is 6.78. The van der Waals surface area contributed by atoms with E-state index in [0.29, 0.717) is 0 Å². The molecule has 0 saturated carbocycles. The molecule has 1 heterocycles. The van der Waals surface area contributed by atoms with Crippen LogP contribution in [0.1, 0.15) is 22.3 Å². The summed E-state index contributed by atoms with van der Waals surface area (Å²) < 4.78 is 5.18. The van der Waals surface area contributed by atoms with Crippen molar-refractivity contribution in [2.45, 2.75) is 20.4 Å². The summed E-state index contributed by atoms with van der Waals surface area (Å²) in [6.07, 6.45) is 1.93. The maximum Gasteiger partial charge on any atom is 0.118 e. The van der Waals surface area contributed by atoms with Crippen molar-refractivity contribution >= 4 is 6.21 Å². The molecule has 1 saturated heterocycles. The van der Waals surface area contributed by atoms with Gasteiger partial charge in [0.1, 0.15) is 5.75 Å². The molecule has 1 aliphatic heterocycles. The zero-order valence-corrected chi connectivity index (χ0v) is 15.4. The lowest BCUT2D eigenvalue weighted by atomic mass is 10.1. The standard InChI is InChI=1S/C21H27N3O/c1-17-4-7-20(18(2)14-17)16-23-10-12-24(13-11-23)22-15-19-5-8-21(25-3)9-6-19/h4-9,14-15H,10-13,16H2,1-3H3/b22-15+. The lowest BCUT2D eigenvalue weighted by Crippen LogP contribution is -2.43. The average Bonchev–Trinajstić information content (AvgIpc) is 2.64. The number of ether oxygens (including phenoxy) is 1. The topological polar surface area (TPSA) is 28.1 Å². The third kappa shape index (κ3) is 4.83. The largest absolute Gasteiger partial charge is 0.497 e. The second kappa shape index (κ2) is 8.17. The number of rotatable bonds is 5. The Kier molecular flexibility index (Phi) is 5.71. The third-order valence-corrected chi connectivity index (χ3v) is 4.73. The van der Waals surface area contributed by atoms with Crippen LogP contribution >= 0.6 is 0 Å². The summed E-state index contributed by atoms with van der Waals surface area (Å²) >= 11 is 0. The van der Waals surface area contributed by atoms with Gasteiger partial charge in [0.05, 0.1) is 13.3 Å². The van der Waals surface area contributed by atoms with Crippen molar-refractivity contribution in [2.24, 2.45) is 5.10 Å². The Morgan fingerprint density at radius 1 is 1.00 bits per heavy atom. The van der Waals surface area contributed by atoms with Crippen molar-refractivity contribution in [3.63, 3.8) is 0 Å². The molecule has 0 spiro atoms. The SMILES string of the molecule is COc1ccc(/C=N/N2CCN(Cc3ccc(C)cc3C)CC2)cc1. The molecule has 1 fully saturated rings. The van der Waals surface area contributed by atoms with Crippen molar-refractivity contribution < 1.29 is 4.74 Å². The zero-order chi connectivity index (χ0) is 17.6. The number of nitrogens with zero attached hydrogens (tertiary/aromatic N) is 3. The van der Waals surface area contributed by atoms with Gasteiger partial charge in [0.15, 0.2) is 0 Å². The van der Waals surface area contributed by atoms with Gasteiger partial charge in [-0.05, 0) is 54.8 Å². The van der Waals surface area contributed by atoms with E-state index in [9.17, 15) is 0 Å². The first-order valence-corrected chi connectivity index (χ1v) is 8.85. The molecule has 0 N–H and O–H groups in total. The Hall–Kier alpha value is -2.33. The highest BCUT2D eigenvalue weighted by molar-refractivity contribution is 5.79. The normalized spacial score (nSPS) is 15.7. The fourth-order valence-electron chi connectivity index (χ4n) is 3.11. The Morgan fingerprint density at radius 2 is 1.72 bits per heavy atom. The van der Waals surface area contributed by atoms with Crippen LogP contribution in [0.4, 0.5) is 0 Å². The van der Waals surface area contributed by atoms with E-state index in [1.165, 1.54) is 16.7 Å². The molecular weight excluding hydrogens is 310 g/mol. The van der Waals surface area contributed by atoms with Gasteiger partial charge in [0.2, 0.25) is 0 Å². The third-order valence-electron chi connectivity index (χ3n) is 4.73. The maximum atomic E-state index is 5.18. The minimum Gasteiger partial charge on any atom is -0.497 e. The van der Waals surface area contributed by atoms with Crippen LogP contribution in [0.5, 0.6) is 5.75 Å². The van der Waals surface area contributed by atoms with E-state index in [4.69, 9.17) is 4.74 Å². The van der Waals surface area contributed by atoms with E-state index in [-0.39, 0.29) is 0 Å². The van der Waals surface area contributed by atoms with E-state index < -0.39 is 0 Å². The highest BCUT2D eigenvalue weighted by Gasteiger charge is 2.16. The molecule has 3 rings (SSSR count). The van der Waals surface area contributed by atoms with Crippen LogP contribution in [0.25, 0.3) is 0 Å². The predicted molar refractivity (Wildman–Crippen MR) is 103 cm³/mol. The van der Waals surface area contributed by atoms with E-state index in [0.717, 1.165) is 44.0 Å². The number of benzene rings is 2. The number of piperazine rings is 1. The minimum atomic E-state index is 0.872. The summed E-state index contributed by atoms with van der Waals surface area (Å²) in [5.74, 6) is 0.872.